The number of benzene rings is 2. The van der Waals surface area contributed by atoms with Crippen LogP contribution in [0.1, 0.15) is 25.1 Å². The molecule has 0 amide bonds. The topological polar surface area (TPSA) is 20.0 Å². The fourth-order valence-corrected chi connectivity index (χ4v) is 3.58. The average Bonchev–Trinajstić information content (AvgIpc) is 2.72. The van der Waals surface area contributed by atoms with E-state index in [9.17, 15) is 0 Å². The van der Waals surface area contributed by atoms with Crippen LogP contribution in [0.2, 0.25) is 0 Å². The van der Waals surface area contributed by atoms with Crippen LogP contribution in [-0.4, -0.2) is 4.98 Å². The van der Waals surface area contributed by atoms with Crippen LogP contribution in [0.15, 0.2) is 85.4 Å². The molecule has 0 aliphatic heterocycles. The second-order valence-corrected chi connectivity index (χ2v) is 6.77. The van der Waals surface area contributed by atoms with Crippen molar-refractivity contribution >= 4 is 11.4 Å². The van der Waals surface area contributed by atoms with Crippen LogP contribution in [0.4, 0.5) is 11.4 Å². The van der Waals surface area contributed by atoms with Gasteiger partial charge in [-0.25, -0.2) is 4.98 Å². The second kappa shape index (κ2) is 8.66. The lowest BCUT2D eigenvalue weighted by molar-refractivity contribution is -0.661. The fourth-order valence-electron chi connectivity index (χ4n) is 3.58. The molecule has 28 heavy (non-hydrogen) atoms. The third kappa shape index (κ3) is 3.74. The van der Waals surface area contributed by atoms with Crippen molar-refractivity contribution in [3.05, 3.63) is 96.6 Å². The Morgan fingerprint density at radius 3 is 2.50 bits per heavy atom. The van der Waals surface area contributed by atoms with Crippen LogP contribution in [-0.2, 0) is 13.5 Å². The highest BCUT2D eigenvalue weighted by atomic mass is 15.1. The molecule has 0 atom stereocenters. The highest BCUT2D eigenvalue weighted by Crippen LogP contribution is 2.33. The minimum absolute atomic E-state index is 0.903. The molecule has 0 unspecified atom stereocenters. The second-order valence-electron chi connectivity index (χ2n) is 6.77. The summed E-state index contributed by atoms with van der Waals surface area (Å²) in [5.41, 5.74) is 8.01. The Morgan fingerprint density at radius 2 is 1.89 bits per heavy atom. The van der Waals surface area contributed by atoms with E-state index in [2.05, 4.69) is 90.5 Å². The molecule has 0 radical (unpaired) electrons. The number of hydrogen-bond acceptors (Lipinski definition) is 2. The van der Waals surface area contributed by atoms with Gasteiger partial charge < -0.3 is 4.90 Å². The summed E-state index contributed by atoms with van der Waals surface area (Å²) in [6.45, 7) is 10.4. The van der Waals surface area contributed by atoms with Gasteiger partial charge in [0.2, 0.25) is 5.69 Å². The maximum absolute atomic E-state index is 4.58. The van der Waals surface area contributed by atoms with E-state index in [0.29, 0.717) is 0 Å². The smallest absolute Gasteiger partial charge is 0.234 e. The van der Waals surface area contributed by atoms with Crippen LogP contribution < -0.4 is 9.47 Å². The first-order chi connectivity index (χ1) is 13.6. The van der Waals surface area contributed by atoms with E-state index in [-0.39, 0.29) is 0 Å². The molecule has 2 aromatic carbocycles. The minimum Gasteiger partial charge on any atom is -0.311 e. The monoisotopic (exact) mass is 370 g/mol. The molecule has 3 nitrogen and oxygen atoms in total. The van der Waals surface area contributed by atoms with Crippen molar-refractivity contribution in [2.75, 3.05) is 4.90 Å². The Labute approximate surface area is 168 Å². The van der Waals surface area contributed by atoms with Crippen LogP contribution in [0, 0.1) is 6.92 Å². The number of aryl methyl sites for hydroxylation is 3. The SMILES string of the molecule is C=CC(=CC)N(c1ccccc1)c1ccc(-c2c(CC)ncc[n+]2C)c(C)c1. The third-order valence-electron chi connectivity index (χ3n) is 4.98. The number of rotatable bonds is 6. The van der Waals surface area contributed by atoms with Crippen molar-refractivity contribution in [2.45, 2.75) is 27.2 Å². The zero-order chi connectivity index (χ0) is 20.1. The molecule has 0 bridgehead atoms. The molecule has 0 N–H and O–H groups in total. The summed E-state index contributed by atoms with van der Waals surface area (Å²) < 4.78 is 2.16. The normalized spacial score (nSPS) is 11.4. The number of nitrogens with zero attached hydrogens (tertiary/aromatic N) is 3. The maximum atomic E-state index is 4.58. The predicted octanol–water partition coefficient (Wildman–Crippen LogP) is 5.67. The van der Waals surface area contributed by atoms with Gasteiger partial charge in [-0.2, -0.15) is 4.57 Å². The van der Waals surface area contributed by atoms with E-state index in [0.717, 1.165) is 29.2 Å². The van der Waals surface area contributed by atoms with Gasteiger partial charge in [0.1, 0.15) is 12.7 Å². The highest BCUT2D eigenvalue weighted by Gasteiger charge is 2.20. The Kier molecular flexibility index (Phi) is 6.05. The first-order valence-corrected chi connectivity index (χ1v) is 9.69. The molecule has 1 aromatic heterocycles. The van der Waals surface area contributed by atoms with Gasteiger partial charge in [-0.15, -0.1) is 0 Å². The fraction of sp³-hybridized carbons (Fsp3) is 0.200. The standard InChI is InChI=1S/C25H28N3/c1-6-20(7-2)28(21-12-10-9-11-13-21)22-14-15-23(19(4)18-22)25-24(8-3)26-16-17-27(25)5/h6-7,9-18H,1,8H2,2-5H3/q+1. The van der Waals surface area contributed by atoms with E-state index in [1.165, 1.54) is 16.8 Å². The number of allylic oxidation sites excluding steroid dienone is 2. The van der Waals surface area contributed by atoms with Gasteiger partial charge in [0, 0.05) is 17.1 Å². The van der Waals surface area contributed by atoms with Gasteiger partial charge >= 0.3 is 0 Å². The first kappa shape index (κ1) is 19.6. The minimum atomic E-state index is 0.903. The highest BCUT2D eigenvalue weighted by molar-refractivity contribution is 5.74. The van der Waals surface area contributed by atoms with Crippen molar-refractivity contribution in [1.82, 2.24) is 4.98 Å². The van der Waals surface area contributed by atoms with Crippen molar-refractivity contribution in [2.24, 2.45) is 7.05 Å². The van der Waals surface area contributed by atoms with E-state index < -0.39 is 0 Å². The quantitative estimate of drug-likeness (QED) is 0.411. The zero-order valence-corrected chi connectivity index (χ0v) is 17.2. The van der Waals surface area contributed by atoms with Gasteiger partial charge in [0.15, 0.2) is 6.20 Å². The van der Waals surface area contributed by atoms with E-state index in [4.69, 9.17) is 0 Å². The third-order valence-corrected chi connectivity index (χ3v) is 4.98. The summed E-state index contributed by atoms with van der Waals surface area (Å²) in [7, 11) is 2.08. The summed E-state index contributed by atoms with van der Waals surface area (Å²) in [4.78, 5) is 6.81. The molecular weight excluding hydrogens is 342 g/mol. The molecule has 0 aliphatic carbocycles. The van der Waals surface area contributed by atoms with Crippen molar-refractivity contribution in [3.8, 4) is 11.3 Å². The molecule has 1 heterocycles. The Balaban J connectivity index is 2.14. The summed E-state index contributed by atoms with van der Waals surface area (Å²) >= 11 is 0. The van der Waals surface area contributed by atoms with E-state index in [1.54, 1.807) is 0 Å². The van der Waals surface area contributed by atoms with Gasteiger partial charge in [-0.3, -0.25) is 0 Å². The molecule has 142 valence electrons. The number of para-hydroxylation sites is 1. The molecule has 3 heteroatoms. The van der Waals surface area contributed by atoms with Gasteiger partial charge in [-0.05, 0) is 62.2 Å². The molecule has 3 aromatic rings. The maximum Gasteiger partial charge on any atom is 0.234 e. The summed E-state index contributed by atoms with van der Waals surface area (Å²) in [5.74, 6) is 0. The molecular formula is C25H28N3+. The lowest BCUT2D eigenvalue weighted by Crippen LogP contribution is -2.32. The van der Waals surface area contributed by atoms with Gasteiger partial charge in [0.05, 0.1) is 11.8 Å². The van der Waals surface area contributed by atoms with Crippen LogP contribution in [0.5, 0.6) is 0 Å². The van der Waals surface area contributed by atoms with Gasteiger partial charge in [0.25, 0.3) is 0 Å². The summed E-state index contributed by atoms with van der Waals surface area (Å²) in [6.07, 6.45) is 8.76. The summed E-state index contributed by atoms with van der Waals surface area (Å²) in [5, 5.41) is 0. The first-order valence-electron chi connectivity index (χ1n) is 9.69. The largest absolute Gasteiger partial charge is 0.311 e. The summed E-state index contributed by atoms with van der Waals surface area (Å²) in [6, 6.07) is 17.0. The Morgan fingerprint density at radius 1 is 1.14 bits per heavy atom. The Bertz CT molecular complexity index is 1000. The predicted molar refractivity (Wildman–Crippen MR) is 117 cm³/mol. The zero-order valence-electron chi connectivity index (χ0n) is 17.2. The average molecular weight is 371 g/mol. The molecule has 0 aliphatic rings. The molecule has 0 fully saturated rings. The number of anilines is 2. The van der Waals surface area contributed by atoms with Gasteiger partial charge in [-0.1, -0.05) is 37.8 Å². The molecule has 0 saturated carbocycles. The van der Waals surface area contributed by atoms with Crippen molar-refractivity contribution in [1.29, 1.82) is 0 Å². The molecule has 0 spiro atoms. The lowest BCUT2D eigenvalue weighted by atomic mass is 10.0. The molecule has 0 saturated heterocycles. The number of aromatic nitrogens is 2. The lowest BCUT2D eigenvalue weighted by Gasteiger charge is -2.26. The van der Waals surface area contributed by atoms with Crippen LogP contribution >= 0.6 is 0 Å². The number of hydrogen-bond donors (Lipinski definition) is 0. The van der Waals surface area contributed by atoms with Crippen molar-refractivity contribution < 1.29 is 4.57 Å². The molecule has 3 rings (SSSR count). The van der Waals surface area contributed by atoms with E-state index in [1.807, 2.05) is 31.5 Å². The van der Waals surface area contributed by atoms with Crippen LogP contribution in [0.3, 0.4) is 0 Å². The van der Waals surface area contributed by atoms with Crippen LogP contribution in [0.25, 0.3) is 11.3 Å². The van der Waals surface area contributed by atoms with Crippen molar-refractivity contribution in [3.63, 3.8) is 0 Å². The Hall–Kier alpha value is -3.20. The van der Waals surface area contributed by atoms with E-state index >= 15 is 0 Å².